The predicted octanol–water partition coefficient (Wildman–Crippen LogP) is 2.64. The van der Waals surface area contributed by atoms with E-state index in [-0.39, 0.29) is 17.6 Å². The number of methoxy groups -OCH3 is 2. The maximum Gasteiger partial charge on any atom is 0.166 e. The number of fused-ring (bicyclic) bond motifs is 1. The monoisotopic (exact) mass is 220 g/mol. The molecule has 1 aromatic carbocycles. The highest BCUT2D eigenvalue weighted by Gasteiger charge is 2.34. The molecule has 0 spiro atoms. The van der Waals surface area contributed by atoms with E-state index in [1.54, 1.807) is 20.3 Å². The first kappa shape index (κ1) is 11.0. The van der Waals surface area contributed by atoms with Crippen molar-refractivity contribution in [3.05, 3.63) is 23.3 Å². The molecule has 2 unspecified atom stereocenters. The van der Waals surface area contributed by atoms with Crippen molar-refractivity contribution >= 4 is 5.78 Å². The van der Waals surface area contributed by atoms with Crippen LogP contribution in [0, 0.1) is 5.92 Å². The number of carbonyl (C=O) groups is 1. The van der Waals surface area contributed by atoms with Crippen molar-refractivity contribution in [3.63, 3.8) is 0 Å². The fourth-order valence-corrected chi connectivity index (χ4v) is 2.23. The lowest BCUT2D eigenvalue weighted by Gasteiger charge is -2.11. The third-order valence-electron chi connectivity index (χ3n) is 3.48. The Hall–Kier alpha value is -1.51. The van der Waals surface area contributed by atoms with Gasteiger partial charge >= 0.3 is 0 Å². The third-order valence-corrected chi connectivity index (χ3v) is 3.48. The molecule has 0 saturated carbocycles. The molecule has 0 fully saturated rings. The Bertz CT molecular complexity index is 437. The Morgan fingerprint density at radius 2 is 1.56 bits per heavy atom. The SMILES string of the molecule is COc1cc2c(cc1OC)C(C)C(C)C2=O. The zero-order chi connectivity index (χ0) is 11.9. The van der Waals surface area contributed by atoms with Gasteiger partial charge in [-0.3, -0.25) is 4.79 Å². The zero-order valence-corrected chi connectivity index (χ0v) is 10.0. The van der Waals surface area contributed by atoms with E-state index >= 15 is 0 Å². The van der Waals surface area contributed by atoms with Gasteiger partial charge in [0.2, 0.25) is 0 Å². The van der Waals surface area contributed by atoms with E-state index in [4.69, 9.17) is 9.47 Å². The summed E-state index contributed by atoms with van der Waals surface area (Å²) in [6.45, 7) is 4.03. The summed E-state index contributed by atoms with van der Waals surface area (Å²) in [6, 6.07) is 3.71. The van der Waals surface area contributed by atoms with Crippen LogP contribution < -0.4 is 9.47 Å². The highest BCUT2D eigenvalue weighted by Crippen LogP contribution is 2.42. The first-order valence-corrected chi connectivity index (χ1v) is 5.40. The largest absolute Gasteiger partial charge is 0.493 e. The van der Waals surface area contributed by atoms with E-state index in [1.165, 1.54) is 0 Å². The molecule has 0 aliphatic heterocycles. The minimum absolute atomic E-state index is 0.0480. The Labute approximate surface area is 95.4 Å². The van der Waals surface area contributed by atoms with Crippen molar-refractivity contribution in [3.8, 4) is 11.5 Å². The van der Waals surface area contributed by atoms with Gasteiger partial charge in [0, 0.05) is 11.5 Å². The van der Waals surface area contributed by atoms with Crippen LogP contribution in [0.2, 0.25) is 0 Å². The maximum atomic E-state index is 12.0. The van der Waals surface area contributed by atoms with E-state index in [1.807, 2.05) is 13.0 Å². The Balaban J connectivity index is 2.59. The molecule has 0 heterocycles. The van der Waals surface area contributed by atoms with Crippen molar-refractivity contribution < 1.29 is 14.3 Å². The van der Waals surface area contributed by atoms with Gasteiger partial charge in [-0.05, 0) is 23.6 Å². The third kappa shape index (κ3) is 1.39. The lowest BCUT2D eigenvalue weighted by atomic mass is 9.96. The molecule has 1 aliphatic rings. The van der Waals surface area contributed by atoms with Crippen LogP contribution in [0.1, 0.15) is 35.7 Å². The minimum Gasteiger partial charge on any atom is -0.493 e. The quantitative estimate of drug-likeness (QED) is 0.768. The molecule has 86 valence electrons. The topological polar surface area (TPSA) is 35.5 Å². The summed E-state index contributed by atoms with van der Waals surface area (Å²) >= 11 is 0. The van der Waals surface area contributed by atoms with Crippen LogP contribution in [-0.4, -0.2) is 20.0 Å². The molecule has 1 aromatic rings. The van der Waals surface area contributed by atoms with Gasteiger partial charge in [-0.25, -0.2) is 0 Å². The maximum absolute atomic E-state index is 12.0. The smallest absolute Gasteiger partial charge is 0.166 e. The fourth-order valence-electron chi connectivity index (χ4n) is 2.23. The Morgan fingerprint density at radius 1 is 1.00 bits per heavy atom. The number of benzene rings is 1. The van der Waals surface area contributed by atoms with Crippen LogP contribution in [0.3, 0.4) is 0 Å². The highest BCUT2D eigenvalue weighted by atomic mass is 16.5. The van der Waals surface area contributed by atoms with Gasteiger partial charge in [-0.15, -0.1) is 0 Å². The van der Waals surface area contributed by atoms with Crippen LogP contribution in [-0.2, 0) is 0 Å². The molecule has 3 nitrogen and oxygen atoms in total. The molecular weight excluding hydrogens is 204 g/mol. The summed E-state index contributed by atoms with van der Waals surface area (Å²) < 4.78 is 10.4. The summed E-state index contributed by atoms with van der Waals surface area (Å²) in [7, 11) is 3.19. The van der Waals surface area contributed by atoms with Crippen molar-refractivity contribution in [2.45, 2.75) is 19.8 Å². The van der Waals surface area contributed by atoms with Gasteiger partial charge in [-0.1, -0.05) is 13.8 Å². The molecule has 0 amide bonds. The second-order valence-electron chi connectivity index (χ2n) is 4.24. The molecule has 3 heteroatoms. The summed E-state index contributed by atoms with van der Waals surface area (Å²) in [5.41, 5.74) is 1.84. The van der Waals surface area contributed by atoms with Gasteiger partial charge in [0.25, 0.3) is 0 Å². The molecule has 0 saturated heterocycles. The predicted molar refractivity (Wildman–Crippen MR) is 61.5 cm³/mol. The summed E-state index contributed by atoms with van der Waals surface area (Å²) in [5.74, 6) is 1.81. The van der Waals surface area contributed by atoms with E-state index in [0.717, 1.165) is 11.1 Å². The Morgan fingerprint density at radius 3 is 2.12 bits per heavy atom. The lowest BCUT2D eigenvalue weighted by Crippen LogP contribution is -2.06. The number of carbonyl (C=O) groups excluding carboxylic acids is 1. The second kappa shape index (κ2) is 3.81. The Kier molecular flexibility index (Phi) is 2.62. The normalized spacial score (nSPS) is 23.1. The number of ether oxygens (including phenoxy) is 2. The summed E-state index contributed by atoms with van der Waals surface area (Å²) in [6.07, 6.45) is 0. The summed E-state index contributed by atoms with van der Waals surface area (Å²) in [5, 5.41) is 0. The first-order chi connectivity index (χ1) is 7.60. The number of rotatable bonds is 2. The van der Waals surface area contributed by atoms with Gasteiger partial charge in [0.05, 0.1) is 14.2 Å². The van der Waals surface area contributed by atoms with E-state index in [0.29, 0.717) is 11.5 Å². The highest BCUT2D eigenvalue weighted by molar-refractivity contribution is 6.03. The van der Waals surface area contributed by atoms with Crippen molar-refractivity contribution in [1.82, 2.24) is 0 Å². The van der Waals surface area contributed by atoms with Crippen LogP contribution in [0.4, 0.5) is 0 Å². The van der Waals surface area contributed by atoms with Gasteiger partial charge < -0.3 is 9.47 Å². The van der Waals surface area contributed by atoms with Gasteiger partial charge in [-0.2, -0.15) is 0 Å². The summed E-state index contributed by atoms with van der Waals surface area (Å²) in [4.78, 5) is 12.0. The molecule has 2 rings (SSSR count). The number of hydrogen-bond acceptors (Lipinski definition) is 3. The second-order valence-corrected chi connectivity index (χ2v) is 4.24. The number of ketones is 1. The van der Waals surface area contributed by atoms with Crippen molar-refractivity contribution in [1.29, 1.82) is 0 Å². The van der Waals surface area contributed by atoms with Crippen molar-refractivity contribution in [2.75, 3.05) is 14.2 Å². The number of Topliss-reactive ketones (excluding diaryl/α,β-unsaturated/α-hetero) is 1. The molecule has 0 aromatic heterocycles. The minimum atomic E-state index is 0.0480. The van der Waals surface area contributed by atoms with Crippen LogP contribution in [0.25, 0.3) is 0 Å². The van der Waals surface area contributed by atoms with Gasteiger partial charge in [0.1, 0.15) is 0 Å². The van der Waals surface area contributed by atoms with E-state index in [2.05, 4.69) is 6.92 Å². The fraction of sp³-hybridized carbons (Fsp3) is 0.462. The molecule has 0 bridgehead atoms. The molecule has 2 atom stereocenters. The lowest BCUT2D eigenvalue weighted by molar-refractivity contribution is 0.0936. The van der Waals surface area contributed by atoms with Gasteiger partial charge in [0.15, 0.2) is 17.3 Å². The molecule has 0 N–H and O–H groups in total. The number of hydrogen-bond donors (Lipinski definition) is 0. The van der Waals surface area contributed by atoms with Crippen LogP contribution >= 0.6 is 0 Å². The van der Waals surface area contributed by atoms with E-state index in [9.17, 15) is 4.79 Å². The van der Waals surface area contributed by atoms with Crippen molar-refractivity contribution in [2.24, 2.45) is 5.92 Å². The van der Waals surface area contributed by atoms with Crippen LogP contribution in [0.15, 0.2) is 12.1 Å². The molecule has 0 radical (unpaired) electrons. The molecule has 16 heavy (non-hydrogen) atoms. The molecular formula is C13H16O3. The van der Waals surface area contributed by atoms with Crippen LogP contribution in [0.5, 0.6) is 11.5 Å². The standard InChI is InChI=1S/C13H16O3/c1-7-8(2)13(14)10-6-12(16-4)11(15-3)5-9(7)10/h5-8H,1-4H3. The first-order valence-electron chi connectivity index (χ1n) is 5.40. The molecule has 1 aliphatic carbocycles. The average molecular weight is 220 g/mol. The zero-order valence-electron chi connectivity index (χ0n) is 10.0. The average Bonchev–Trinajstić information content (AvgIpc) is 2.52. The van der Waals surface area contributed by atoms with E-state index < -0.39 is 0 Å².